The molecule has 1 heterocycles. The van der Waals surface area contributed by atoms with Crippen LogP contribution in [0.1, 0.15) is 51.6 Å². The molecule has 0 saturated heterocycles. The van der Waals surface area contributed by atoms with Crippen molar-refractivity contribution in [2.75, 3.05) is 6.54 Å². The summed E-state index contributed by atoms with van der Waals surface area (Å²) in [7, 11) is 0. The summed E-state index contributed by atoms with van der Waals surface area (Å²) in [4.78, 5) is 43.1. The Morgan fingerprint density at radius 1 is 0.941 bits per heavy atom. The summed E-state index contributed by atoms with van der Waals surface area (Å²) in [5, 5.41) is 12.1. The summed E-state index contributed by atoms with van der Waals surface area (Å²) in [6.07, 6.45) is 5.23. The largest absolute Gasteiger partial charge is 0.480 e. The summed E-state index contributed by atoms with van der Waals surface area (Å²) in [6, 6.07) is 18.5. The Morgan fingerprint density at radius 3 is 2.29 bits per heavy atom. The average molecular weight is 460 g/mol. The first-order chi connectivity index (χ1) is 16.5. The zero-order valence-electron chi connectivity index (χ0n) is 19.2. The number of carbonyl (C=O) groups is 3. The molecule has 7 heteroatoms. The molecule has 0 aliphatic carbocycles. The smallest absolute Gasteiger partial charge is 0.326 e. The molecule has 3 rings (SSSR count). The van der Waals surface area contributed by atoms with Gasteiger partial charge in [-0.15, -0.1) is 0 Å². The maximum Gasteiger partial charge on any atom is 0.326 e. The number of carboxylic acids is 1. The molecule has 0 spiro atoms. The monoisotopic (exact) mass is 459 g/mol. The van der Waals surface area contributed by atoms with Crippen LogP contribution in [0.3, 0.4) is 0 Å². The van der Waals surface area contributed by atoms with Gasteiger partial charge in [-0.2, -0.15) is 0 Å². The molecule has 1 aromatic heterocycles. The number of hydrogen-bond donors (Lipinski definition) is 2. The summed E-state index contributed by atoms with van der Waals surface area (Å²) < 4.78 is 0. The highest BCUT2D eigenvalue weighted by Crippen LogP contribution is 2.13. The van der Waals surface area contributed by atoms with Gasteiger partial charge in [0, 0.05) is 37.5 Å². The molecule has 0 saturated carbocycles. The molecule has 176 valence electrons. The number of aromatic nitrogens is 1. The Bertz CT molecular complexity index is 1090. The number of nitrogens with one attached hydrogen (secondary N) is 1. The molecule has 34 heavy (non-hydrogen) atoms. The van der Waals surface area contributed by atoms with E-state index < -0.39 is 17.9 Å². The Balaban J connectivity index is 1.66. The molecule has 2 aromatic carbocycles. The molecule has 7 nitrogen and oxygen atoms in total. The van der Waals surface area contributed by atoms with Crippen molar-refractivity contribution in [3.63, 3.8) is 0 Å². The van der Waals surface area contributed by atoms with E-state index >= 15 is 0 Å². The molecular formula is C27H29N3O4. The summed E-state index contributed by atoms with van der Waals surface area (Å²) in [5.41, 5.74) is 2.61. The van der Waals surface area contributed by atoms with E-state index in [-0.39, 0.29) is 12.3 Å². The zero-order chi connectivity index (χ0) is 24.3. The van der Waals surface area contributed by atoms with Gasteiger partial charge in [0.05, 0.1) is 5.56 Å². The van der Waals surface area contributed by atoms with Crippen LogP contribution in [-0.2, 0) is 17.8 Å². The molecule has 0 unspecified atom stereocenters. The molecule has 2 N–H and O–H groups in total. The third kappa shape index (κ3) is 7.00. The van der Waals surface area contributed by atoms with Crippen molar-refractivity contribution in [1.29, 1.82) is 0 Å². The molecule has 0 fully saturated rings. The number of benzene rings is 2. The van der Waals surface area contributed by atoms with Gasteiger partial charge in [-0.05, 0) is 41.8 Å². The van der Waals surface area contributed by atoms with E-state index in [0.29, 0.717) is 24.2 Å². The van der Waals surface area contributed by atoms with Crippen molar-refractivity contribution in [3.8, 4) is 0 Å². The molecule has 2 amide bonds. The third-order valence-electron chi connectivity index (χ3n) is 5.45. The first kappa shape index (κ1) is 24.6. The van der Waals surface area contributed by atoms with Gasteiger partial charge >= 0.3 is 5.97 Å². The summed E-state index contributed by atoms with van der Waals surface area (Å²) in [5.74, 6) is -1.63. The lowest BCUT2D eigenvalue weighted by Crippen LogP contribution is -2.42. The molecule has 0 aliphatic rings. The quantitative estimate of drug-likeness (QED) is 0.452. The zero-order valence-corrected chi connectivity index (χ0v) is 19.2. The third-order valence-corrected chi connectivity index (χ3v) is 5.45. The maximum absolute atomic E-state index is 12.9. The Kier molecular flexibility index (Phi) is 8.91. The van der Waals surface area contributed by atoms with Gasteiger partial charge in [0.2, 0.25) is 0 Å². The highest BCUT2D eigenvalue weighted by atomic mass is 16.4. The van der Waals surface area contributed by atoms with Crippen LogP contribution in [0.2, 0.25) is 0 Å². The summed E-state index contributed by atoms with van der Waals surface area (Å²) in [6.45, 7) is 3.09. The Morgan fingerprint density at radius 2 is 1.68 bits per heavy atom. The highest BCUT2D eigenvalue weighted by molar-refractivity contribution is 5.96. The molecule has 0 bridgehead atoms. The van der Waals surface area contributed by atoms with Crippen molar-refractivity contribution in [1.82, 2.24) is 15.2 Å². The van der Waals surface area contributed by atoms with Crippen molar-refractivity contribution in [2.24, 2.45) is 0 Å². The van der Waals surface area contributed by atoms with Crippen LogP contribution >= 0.6 is 0 Å². The second kappa shape index (κ2) is 12.3. The van der Waals surface area contributed by atoms with Crippen LogP contribution < -0.4 is 5.32 Å². The SMILES string of the molecule is CCCCN(Cc1ccc(C(=O)N[C@@H](Cc2ccccc2)C(=O)O)cc1)C(=O)c1cccnc1. The minimum atomic E-state index is -1.09. The van der Waals surface area contributed by atoms with Crippen LogP contribution in [0.4, 0.5) is 0 Å². The number of nitrogens with zero attached hydrogens (tertiary/aromatic N) is 2. The molecule has 3 aromatic rings. The van der Waals surface area contributed by atoms with Crippen LogP contribution in [0, 0.1) is 0 Å². The van der Waals surface area contributed by atoms with Crippen molar-refractivity contribution in [3.05, 3.63) is 101 Å². The molecular weight excluding hydrogens is 430 g/mol. The van der Waals surface area contributed by atoms with Gasteiger partial charge in [0.15, 0.2) is 0 Å². The highest BCUT2D eigenvalue weighted by Gasteiger charge is 2.21. The van der Waals surface area contributed by atoms with Gasteiger partial charge in [-0.25, -0.2) is 4.79 Å². The minimum absolute atomic E-state index is 0.0893. The number of rotatable bonds is 11. The fourth-order valence-corrected chi connectivity index (χ4v) is 3.55. The second-order valence-corrected chi connectivity index (χ2v) is 8.07. The molecule has 0 aliphatic heterocycles. The standard InChI is InChI=1S/C27H29N3O4/c1-2-3-16-30(26(32)23-10-7-15-28-18-23)19-21-11-13-22(14-12-21)25(31)29-24(27(33)34)17-20-8-5-4-6-9-20/h4-15,18,24H,2-3,16-17,19H2,1H3,(H,29,31)(H,33,34)/t24-/m0/s1. The maximum atomic E-state index is 12.9. The van der Waals surface area contributed by atoms with E-state index in [1.165, 1.54) is 0 Å². The van der Waals surface area contributed by atoms with E-state index in [9.17, 15) is 19.5 Å². The Hall–Kier alpha value is -4.00. The minimum Gasteiger partial charge on any atom is -0.480 e. The number of aliphatic carboxylic acids is 1. The first-order valence-electron chi connectivity index (χ1n) is 11.3. The number of pyridine rings is 1. The lowest BCUT2D eigenvalue weighted by atomic mass is 10.0. The topological polar surface area (TPSA) is 99.6 Å². The summed E-state index contributed by atoms with van der Waals surface area (Å²) >= 11 is 0. The predicted molar refractivity (Wildman–Crippen MR) is 129 cm³/mol. The molecule has 1 atom stereocenters. The number of hydrogen-bond acceptors (Lipinski definition) is 4. The van der Waals surface area contributed by atoms with Crippen molar-refractivity contribution >= 4 is 17.8 Å². The average Bonchev–Trinajstić information content (AvgIpc) is 2.87. The van der Waals surface area contributed by atoms with Crippen LogP contribution in [0.25, 0.3) is 0 Å². The van der Waals surface area contributed by atoms with E-state index in [1.807, 2.05) is 30.3 Å². The van der Waals surface area contributed by atoms with Crippen LogP contribution in [0.15, 0.2) is 79.1 Å². The van der Waals surface area contributed by atoms with E-state index in [2.05, 4.69) is 17.2 Å². The van der Waals surface area contributed by atoms with Gasteiger partial charge in [-0.3, -0.25) is 14.6 Å². The van der Waals surface area contributed by atoms with Crippen molar-refractivity contribution < 1.29 is 19.5 Å². The lowest BCUT2D eigenvalue weighted by molar-refractivity contribution is -0.139. The lowest BCUT2D eigenvalue weighted by Gasteiger charge is -2.23. The van der Waals surface area contributed by atoms with Crippen molar-refractivity contribution in [2.45, 2.75) is 38.8 Å². The van der Waals surface area contributed by atoms with Crippen LogP contribution in [-0.4, -0.2) is 45.4 Å². The number of amides is 2. The number of carboxylic acid groups (broad SMARTS) is 1. The van der Waals surface area contributed by atoms with E-state index in [4.69, 9.17) is 0 Å². The van der Waals surface area contributed by atoms with Gasteiger partial charge in [0.25, 0.3) is 11.8 Å². The van der Waals surface area contributed by atoms with E-state index in [0.717, 1.165) is 24.0 Å². The van der Waals surface area contributed by atoms with Gasteiger partial charge < -0.3 is 15.3 Å². The number of unbranched alkanes of at least 4 members (excludes halogenated alkanes) is 1. The normalized spacial score (nSPS) is 11.4. The fraction of sp³-hybridized carbons (Fsp3) is 0.259. The Labute approximate surface area is 199 Å². The molecule has 0 radical (unpaired) electrons. The van der Waals surface area contributed by atoms with Gasteiger partial charge in [0.1, 0.15) is 6.04 Å². The van der Waals surface area contributed by atoms with Crippen LogP contribution in [0.5, 0.6) is 0 Å². The fourth-order valence-electron chi connectivity index (χ4n) is 3.55. The number of carbonyl (C=O) groups excluding carboxylic acids is 2. The second-order valence-electron chi connectivity index (χ2n) is 8.07. The van der Waals surface area contributed by atoms with Gasteiger partial charge in [-0.1, -0.05) is 55.8 Å². The first-order valence-corrected chi connectivity index (χ1v) is 11.3. The predicted octanol–water partition coefficient (Wildman–Crippen LogP) is 3.95. The van der Waals surface area contributed by atoms with E-state index in [1.54, 1.807) is 53.7 Å².